The zero-order valence-corrected chi connectivity index (χ0v) is 19.3. The summed E-state index contributed by atoms with van der Waals surface area (Å²) in [5.74, 6) is -1.73. The number of hydrogen-bond acceptors (Lipinski definition) is 6. The molecule has 2 aromatic carbocycles. The normalized spacial score (nSPS) is 11.4. The topological polar surface area (TPSA) is 117 Å². The summed E-state index contributed by atoms with van der Waals surface area (Å²) in [5, 5.41) is 15.1. The number of carbonyl (C=O) groups is 1. The highest BCUT2D eigenvalue weighted by Gasteiger charge is 2.18. The van der Waals surface area contributed by atoms with Crippen LogP contribution in [0.25, 0.3) is 11.1 Å². The van der Waals surface area contributed by atoms with Gasteiger partial charge in [-0.1, -0.05) is 30.3 Å². The number of rotatable bonds is 7. The Kier molecular flexibility index (Phi) is 7.16. The number of benzene rings is 2. The lowest BCUT2D eigenvalue weighted by molar-refractivity contribution is 0.0940. The molecule has 0 saturated carbocycles. The van der Waals surface area contributed by atoms with E-state index in [-0.39, 0.29) is 16.9 Å². The van der Waals surface area contributed by atoms with Gasteiger partial charge in [0.2, 0.25) is 0 Å². The van der Waals surface area contributed by atoms with Gasteiger partial charge in [-0.2, -0.15) is 5.26 Å². The van der Waals surface area contributed by atoms with Crippen LogP contribution in [0.15, 0.2) is 73.1 Å². The molecule has 0 saturated heterocycles. The van der Waals surface area contributed by atoms with Gasteiger partial charge in [0.1, 0.15) is 17.7 Å². The molecule has 1 amide bonds. The Hall–Kier alpha value is -4.84. The van der Waals surface area contributed by atoms with E-state index in [9.17, 15) is 18.8 Å². The van der Waals surface area contributed by atoms with E-state index >= 15 is 0 Å². The summed E-state index contributed by atoms with van der Waals surface area (Å²) in [6.45, 7) is 2.02. The lowest BCUT2D eigenvalue weighted by Crippen LogP contribution is -2.28. The lowest BCUT2D eigenvalue weighted by atomic mass is 10.1. The Labute approximate surface area is 206 Å². The van der Waals surface area contributed by atoms with Crippen molar-refractivity contribution in [2.75, 3.05) is 11.1 Å². The maximum atomic E-state index is 13.6. The third-order valence-electron chi connectivity index (χ3n) is 5.59. The van der Waals surface area contributed by atoms with Crippen molar-refractivity contribution in [3.63, 3.8) is 0 Å². The Morgan fingerprint density at radius 3 is 2.42 bits per heavy atom. The van der Waals surface area contributed by atoms with Crippen LogP contribution in [-0.2, 0) is 6.54 Å². The van der Waals surface area contributed by atoms with Crippen molar-refractivity contribution in [2.24, 2.45) is 0 Å². The monoisotopic (exact) mass is 484 g/mol. The number of amides is 1. The van der Waals surface area contributed by atoms with Gasteiger partial charge in [-0.3, -0.25) is 4.79 Å². The molecule has 9 heteroatoms. The van der Waals surface area contributed by atoms with Crippen LogP contribution in [0.4, 0.5) is 20.4 Å². The number of nitrogens with two attached hydrogens (primary N) is 1. The number of hydrogen-bond donors (Lipinski definition) is 3. The molecule has 0 spiro atoms. The molecule has 0 aliphatic carbocycles. The standard InChI is InChI=1S/C27H22F2N6O/c1-16(20-6-8-23(28)24(29)11-20)35-27(36)22-10-18(12-30)14-34-26(22)33-13-17-2-4-19(5-3-17)21-7-9-25(31)32-15-21/h2-11,14-16H,13H2,1H3,(H2,31,32)(H,33,34)(H,35,36)/t16-/m0/s1. The average molecular weight is 485 g/mol. The fourth-order valence-electron chi connectivity index (χ4n) is 3.56. The Morgan fingerprint density at radius 1 is 1.00 bits per heavy atom. The predicted molar refractivity (Wildman–Crippen MR) is 133 cm³/mol. The summed E-state index contributed by atoms with van der Waals surface area (Å²) in [4.78, 5) is 21.4. The van der Waals surface area contributed by atoms with Crippen molar-refractivity contribution >= 4 is 17.5 Å². The van der Waals surface area contributed by atoms with Crippen molar-refractivity contribution in [1.82, 2.24) is 15.3 Å². The summed E-state index contributed by atoms with van der Waals surface area (Å²) in [7, 11) is 0. The fraction of sp³-hybridized carbons (Fsp3) is 0.111. The van der Waals surface area contributed by atoms with Crippen LogP contribution >= 0.6 is 0 Å². The molecule has 0 aliphatic rings. The van der Waals surface area contributed by atoms with E-state index in [0.29, 0.717) is 17.9 Å². The highest BCUT2D eigenvalue weighted by atomic mass is 19.2. The highest BCUT2D eigenvalue weighted by molar-refractivity contribution is 5.99. The first-order valence-corrected chi connectivity index (χ1v) is 11.0. The lowest BCUT2D eigenvalue weighted by Gasteiger charge is -2.17. The Bertz CT molecular complexity index is 1430. The molecule has 2 heterocycles. The summed E-state index contributed by atoms with van der Waals surface area (Å²) < 4.78 is 26.9. The van der Waals surface area contributed by atoms with Gasteiger partial charge < -0.3 is 16.4 Å². The van der Waals surface area contributed by atoms with E-state index in [1.807, 2.05) is 36.4 Å². The van der Waals surface area contributed by atoms with Crippen molar-refractivity contribution in [3.8, 4) is 17.2 Å². The smallest absolute Gasteiger partial charge is 0.255 e. The fourth-order valence-corrected chi connectivity index (χ4v) is 3.56. The van der Waals surface area contributed by atoms with Crippen LogP contribution in [0.3, 0.4) is 0 Å². The van der Waals surface area contributed by atoms with E-state index in [1.165, 1.54) is 18.3 Å². The predicted octanol–water partition coefficient (Wildman–Crippen LogP) is 4.98. The number of halogens is 2. The minimum Gasteiger partial charge on any atom is -0.384 e. The van der Waals surface area contributed by atoms with Crippen LogP contribution in [0.2, 0.25) is 0 Å². The molecule has 180 valence electrons. The van der Waals surface area contributed by atoms with Gasteiger partial charge in [0.05, 0.1) is 17.2 Å². The minimum atomic E-state index is -0.997. The summed E-state index contributed by atoms with van der Waals surface area (Å²) in [5.41, 5.74) is 9.28. The number of carbonyl (C=O) groups excluding carboxylic acids is 1. The Balaban J connectivity index is 1.48. The number of pyridine rings is 2. The Morgan fingerprint density at radius 2 is 1.75 bits per heavy atom. The zero-order chi connectivity index (χ0) is 25.7. The number of nitriles is 1. The van der Waals surface area contributed by atoms with Crippen LogP contribution in [0, 0.1) is 23.0 Å². The molecule has 4 aromatic rings. The summed E-state index contributed by atoms with van der Waals surface area (Å²) in [6, 6.07) is 17.6. The van der Waals surface area contributed by atoms with Crippen molar-refractivity contribution in [2.45, 2.75) is 19.5 Å². The largest absolute Gasteiger partial charge is 0.384 e. The number of nitrogen functional groups attached to an aromatic ring is 1. The van der Waals surface area contributed by atoms with Gasteiger partial charge in [-0.15, -0.1) is 0 Å². The first-order chi connectivity index (χ1) is 17.3. The van der Waals surface area contributed by atoms with Crippen molar-refractivity contribution in [3.05, 3.63) is 107 Å². The zero-order valence-electron chi connectivity index (χ0n) is 19.3. The van der Waals surface area contributed by atoms with Gasteiger partial charge in [0, 0.05) is 24.5 Å². The van der Waals surface area contributed by atoms with Gasteiger partial charge in [0.15, 0.2) is 11.6 Å². The maximum Gasteiger partial charge on any atom is 0.255 e. The van der Waals surface area contributed by atoms with Gasteiger partial charge in [-0.25, -0.2) is 18.7 Å². The highest BCUT2D eigenvalue weighted by Crippen LogP contribution is 2.22. The number of nitrogens with zero attached hydrogens (tertiary/aromatic N) is 3. The second-order valence-electron chi connectivity index (χ2n) is 8.12. The molecule has 0 fully saturated rings. The van der Waals surface area contributed by atoms with Crippen molar-refractivity contribution < 1.29 is 13.6 Å². The molecule has 4 rings (SSSR count). The molecular formula is C27H22F2N6O. The van der Waals surface area contributed by atoms with Gasteiger partial charge >= 0.3 is 0 Å². The molecule has 7 nitrogen and oxygen atoms in total. The quantitative estimate of drug-likeness (QED) is 0.341. The third kappa shape index (κ3) is 5.62. The second-order valence-corrected chi connectivity index (χ2v) is 8.12. The molecular weight excluding hydrogens is 462 g/mol. The van der Waals surface area contributed by atoms with E-state index in [4.69, 9.17) is 5.73 Å². The number of nitrogens with one attached hydrogen (secondary N) is 2. The van der Waals surface area contributed by atoms with Crippen LogP contribution in [-0.4, -0.2) is 15.9 Å². The molecule has 0 bridgehead atoms. The molecule has 36 heavy (non-hydrogen) atoms. The molecule has 1 atom stereocenters. The number of anilines is 2. The van der Waals surface area contributed by atoms with E-state index in [1.54, 1.807) is 19.2 Å². The SMILES string of the molecule is C[C@H](NC(=O)c1cc(C#N)cnc1NCc1ccc(-c2ccc(N)nc2)cc1)c1ccc(F)c(F)c1. The summed E-state index contributed by atoms with van der Waals surface area (Å²) in [6.07, 6.45) is 3.07. The van der Waals surface area contributed by atoms with E-state index in [0.717, 1.165) is 28.8 Å². The second kappa shape index (κ2) is 10.6. The minimum absolute atomic E-state index is 0.160. The maximum absolute atomic E-state index is 13.6. The third-order valence-corrected chi connectivity index (χ3v) is 5.59. The molecule has 0 aliphatic heterocycles. The van der Waals surface area contributed by atoms with Crippen LogP contribution in [0.1, 0.15) is 40.0 Å². The molecule has 4 N–H and O–H groups in total. The van der Waals surface area contributed by atoms with Crippen LogP contribution in [0.5, 0.6) is 0 Å². The average Bonchev–Trinajstić information content (AvgIpc) is 2.89. The van der Waals surface area contributed by atoms with Gasteiger partial charge in [-0.05, 0) is 53.9 Å². The molecule has 2 aromatic heterocycles. The van der Waals surface area contributed by atoms with E-state index in [2.05, 4.69) is 20.6 Å². The van der Waals surface area contributed by atoms with Gasteiger partial charge in [0.25, 0.3) is 5.91 Å². The number of aromatic nitrogens is 2. The molecule has 0 unspecified atom stereocenters. The summed E-state index contributed by atoms with van der Waals surface area (Å²) >= 11 is 0. The van der Waals surface area contributed by atoms with Crippen molar-refractivity contribution in [1.29, 1.82) is 5.26 Å². The van der Waals surface area contributed by atoms with E-state index < -0.39 is 23.6 Å². The first-order valence-electron chi connectivity index (χ1n) is 11.0. The first kappa shape index (κ1) is 24.3. The van der Waals surface area contributed by atoms with Crippen LogP contribution < -0.4 is 16.4 Å². The molecule has 0 radical (unpaired) electrons.